The second-order valence-corrected chi connectivity index (χ2v) is 19.0. The second-order valence-electron chi connectivity index (χ2n) is 17.6. The van der Waals surface area contributed by atoms with Crippen LogP contribution in [0.5, 0.6) is 0 Å². The van der Waals surface area contributed by atoms with Gasteiger partial charge in [-0.25, -0.2) is 0 Å². The molecule has 2 atom stereocenters. The van der Waals surface area contributed by atoms with Crippen LogP contribution >= 0.6 is 7.82 Å². The molecular weight excluding hydrogens is 770 g/mol. The van der Waals surface area contributed by atoms with Gasteiger partial charge in [0.15, 0.2) is 0 Å². The van der Waals surface area contributed by atoms with E-state index in [1.54, 1.807) is 0 Å². The van der Waals surface area contributed by atoms with E-state index >= 15 is 0 Å². The Bertz CT molecular complexity index is 1450. The molecule has 8 nitrogen and oxygen atoms in total. The van der Waals surface area contributed by atoms with Gasteiger partial charge < -0.3 is 27.9 Å². The summed E-state index contributed by atoms with van der Waals surface area (Å²) in [6, 6.07) is 29.7. The Morgan fingerprint density at radius 1 is 0.567 bits per heavy atom. The number of quaternary nitrogens is 1. The molecule has 9 heteroatoms. The summed E-state index contributed by atoms with van der Waals surface area (Å²) in [4.78, 5) is 26.1. The van der Waals surface area contributed by atoms with Gasteiger partial charge >= 0.3 is 5.97 Å². The first-order valence-electron chi connectivity index (χ1n) is 23.5. The summed E-state index contributed by atoms with van der Waals surface area (Å²) in [6.45, 7) is 2.19. The number of hydrogen-bond donors (Lipinski definition) is 0. The zero-order valence-corrected chi connectivity index (χ0v) is 38.8. The summed E-state index contributed by atoms with van der Waals surface area (Å²) >= 11 is 0. The highest BCUT2D eigenvalue weighted by Crippen LogP contribution is 2.42. The topological polar surface area (TPSA) is 94.1 Å². The lowest BCUT2D eigenvalue weighted by molar-refractivity contribution is -0.870. The van der Waals surface area contributed by atoms with Gasteiger partial charge in [-0.2, -0.15) is 0 Å². The van der Waals surface area contributed by atoms with E-state index in [0.717, 1.165) is 29.5 Å². The van der Waals surface area contributed by atoms with E-state index in [9.17, 15) is 14.3 Å². The second kappa shape index (κ2) is 30.2. The van der Waals surface area contributed by atoms with E-state index in [1.165, 1.54) is 116 Å². The lowest BCUT2D eigenvalue weighted by Gasteiger charge is -2.37. The molecule has 1 unspecified atom stereocenters. The Labute approximate surface area is 365 Å². The first-order valence-corrected chi connectivity index (χ1v) is 24.9. The molecule has 0 aliphatic heterocycles. The van der Waals surface area contributed by atoms with Crippen LogP contribution in [0, 0.1) is 0 Å². The first-order chi connectivity index (χ1) is 29.1. The number of carbonyl (C=O) groups is 1. The van der Waals surface area contributed by atoms with E-state index in [1.807, 2.05) is 112 Å². The number of phosphoric acid groups is 1. The van der Waals surface area contributed by atoms with Crippen LogP contribution in [0.25, 0.3) is 0 Å². The van der Waals surface area contributed by atoms with E-state index < -0.39 is 32.1 Å². The lowest BCUT2D eigenvalue weighted by Crippen LogP contribution is -2.39. The normalized spacial score (nSPS) is 13.6. The number of rotatable bonds is 36. The number of phosphoric ester groups is 1. The van der Waals surface area contributed by atoms with Gasteiger partial charge in [0.1, 0.15) is 24.9 Å². The van der Waals surface area contributed by atoms with Crippen molar-refractivity contribution in [1.82, 2.24) is 0 Å². The van der Waals surface area contributed by atoms with Crippen LogP contribution < -0.4 is 4.89 Å². The van der Waals surface area contributed by atoms with Crippen LogP contribution in [0.4, 0.5) is 0 Å². The number of benzene rings is 3. The molecule has 0 spiro atoms. The van der Waals surface area contributed by atoms with E-state index in [2.05, 4.69) is 6.92 Å². The highest BCUT2D eigenvalue weighted by Gasteiger charge is 2.38. The maximum Gasteiger partial charge on any atom is 0.306 e. The number of nitrogens with zero attached hydrogens (tertiary/aromatic N) is 1. The molecule has 0 N–H and O–H groups in total. The van der Waals surface area contributed by atoms with Crippen molar-refractivity contribution in [1.29, 1.82) is 0 Å². The smallest absolute Gasteiger partial charge is 0.306 e. The Balaban J connectivity index is 1.45. The van der Waals surface area contributed by atoms with Gasteiger partial charge in [-0.05, 0) is 23.1 Å². The Hall–Kier alpha value is -2.84. The molecule has 0 fully saturated rings. The molecule has 3 aromatic carbocycles. The van der Waals surface area contributed by atoms with Crippen LogP contribution in [-0.4, -0.2) is 64.1 Å². The lowest BCUT2D eigenvalue weighted by atomic mass is 9.80. The molecular formula is C51H80NO7P. The average Bonchev–Trinajstić information content (AvgIpc) is 3.24. The molecule has 0 amide bonds. The van der Waals surface area contributed by atoms with E-state index in [4.69, 9.17) is 18.5 Å². The van der Waals surface area contributed by atoms with Crippen molar-refractivity contribution in [3.63, 3.8) is 0 Å². The number of esters is 1. The summed E-state index contributed by atoms with van der Waals surface area (Å²) in [7, 11) is 1.17. The van der Waals surface area contributed by atoms with E-state index in [0.29, 0.717) is 17.4 Å². The first kappa shape index (κ1) is 51.5. The summed E-state index contributed by atoms with van der Waals surface area (Å²) in [5.41, 5.74) is 1.56. The third kappa shape index (κ3) is 21.8. The molecule has 3 rings (SSSR count). The van der Waals surface area contributed by atoms with Crippen molar-refractivity contribution in [2.24, 2.45) is 0 Å². The minimum Gasteiger partial charge on any atom is -0.756 e. The molecule has 0 radical (unpaired) electrons. The number of ether oxygens (including phenoxy) is 2. The van der Waals surface area contributed by atoms with Crippen LogP contribution in [0.2, 0.25) is 0 Å². The van der Waals surface area contributed by atoms with Gasteiger partial charge in [0.2, 0.25) is 0 Å². The Kier molecular flexibility index (Phi) is 26.0. The molecule has 0 bridgehead atoms. The largest absolute Gasteiger partial charge is 0.756 e. The molecule has 0 aromatic heterocycles. The summed E-state index contributed by atoms with van der Waals surface area (Å²) in [5.74, 6) is -0.401. The third-order valence-electron chi connectivity index (χ3n) is 11.2. The molecule has 60 heavy (non-hydrogen) atoms. The molecule has 0 saturated carbocycles. The van der Waals surface area contributed by atoms with Crippen molar-refractivity contribution >= 4 is 13.8 Å². The van der Waals surface area contributed by atoms with Crippen LogP contribution in [0.1, 0.15) is 165 Å². The number of carbonyl (C=O) groups excluding carboxylic acids is 1. The van der Waals surface area contributed by atoms with Crippen molar-refractivity contribution in [2.75, 3.05) is 47.5 Å². The van der Waals surface area contributed by atoms with Gasteiger partial charge in [-0.1, -0.05) is 226 Å². The predicted molar refractivity (Wildman–Crippen MR) is 245 cm³/mol. The van der Waals surface area contributed by atoms with Crippen LogP contribution in [-0.2, 0) is 33.5 Å². The Morgan fingerprint density at radius 3 is 1.30 bits per heavy atom. The van der Waals surface area contributed by atoms with Gasteiger partial charge in [-0.15, -0.1) is 0 Å². The summed E-state index contributed by atoms with van der Waals surface area (Å²) in [5, 5.41) is 0. The fourth-order valence-corrected chi connectivity index (χ4v) is 8.42. The van der Waals surface area contributed by atoms with E-state index in [-0.39, 0.29) is 19.6 Å². The highest BCUT2D eigenvalue weighted by molar-refractivity contribution is 7.45. The molecule has 0 aliphatic rings. The molecule has 0 saturated heterocycles. The molecule has 0 aliphatic carbocycles. The fraction of sp³-hybridized carbons (Fsp3) is 0.627. The summed E-state index contributed by atoms with van der Waals surface area (Å²) in [6.07, 6.45) is 26.5. The number of hydrogen-bond acceptors (Lipinski definition) is 7. The fourth-order valence-electron chi connectivity index (χ4n) is 7.69. The molecule has 336 valence electrons. The minimum absolute atomic E-state index is 0.0240. The summed E-state index contributed by atoms with van der Waals surface area (Å²) < 4.78 is 36.7. The van der Waals surface area contributed by atoms with Crippen molar-refractivity contribution in [3.05, 3.63) is 108 Å². The van der Waals surface area contributed by atoms with Gasteiger partial charge in [-0.3, -0.25) is 9.36 Å². The standard InChI is InChI=1S/C51H80NO7P/c1-5-6-7-8-9-10-11-12-13-14-15-16-17-18-19-20-21-22-23-24-34-41-50(53)59-49(45-58-60(54,55)57-43-42-52(2,3)4)44-56-51(46-35-28-25-29-36-46,47-37-30-26-31-38-47)48-39-32-27-33-40-48/h25-33,35-40,49H,5-24,34,41-45H2,1-4H3/t49-/m1/s1. The van der Waals surface area contributed by atoms with Gasteiger partial charge in [0.25, 0.3) is 7.82 Å². The predicted octanol–water partition coefficient (Wildman–Crippen LogP) is 12.7. The van der Waals surface area contributed by atoms with Crippen molar-refractivity contribution < 1.29 is 37.3 Å². The van der Waals surface area contributed by atoms with Crippen molar-refractivity contribution in [2.45, 2.75) is 160 Å². The van der Waals surface area contributed by atoms with Gasteiger partial charge in [0.05, 0.1) is 34.4 Å². The van der Waals surface area contributed by atoms with Crippen LogP contribution in [0.3, 0.4) is 0 Å². The number of unbranched alkanes of at least 4 members (excludes halogenated alkanes) is 20. The third-order valence-corrected chi connectivity index (χ3v) is 12.2. The van der Waals surface area contributed by atoms with Crippen LogP contribution in [0.15, 0.2) is 91.0 Å². The monoisotopic (exact) mass is 850 g/mol. The maximum absolute atomic E-state index is 13.3. The molecule has 3 aromatic rings. The SMILES string of the molecule is CCCCCCCCCCCCCCCCCCCCCCCC(=O)O[C@H](COC(c1ccccc1)(c1ccccc1)c1ccccc1)COP(=O)([O-])OCC[N+](C)(C)C. The molecule has 0 heterocycles. The zero-order valence-electron chi connectivity index (χ0n) is 37.9. The van der Waals surface area contributed by atoms with Gasteiger partial charge in [0, 0.05) is 6.42 Å². The maximum atomic E-state index is 13.3. The average molecular weight is 850 g/mol. The quantitative estimate of drug-likeness (QED) is 0.0189. The van der Waals surface area contributed by atoms with Crippen molar-refractivity contribution in [3.8, 4) is 0 Å². The minimum atomic E-state index is -4.68. The zero-order chi connectivity index (χ0) is 43.2. The number of likely N-dealkylation sites (N-methyl/N-ethyl adjacent to an activating group) is 1. The Morgan fingerprint density at radius 2 is 0.933 bits per heavy atom. The highest BCUT2D eigenvalue weighted by atomic mass is 31.2.